The molecule has 0 saturated carbocycles. The number of hydrogen-bond acceptors (Lipinski definition) is 3. The Morgan fingerprint density at radius 1 is 1.23 bits per heavy atom. The summed E-state index contributed by atoms with van der Waals surface area (Å²) in [5, 5.41) is 15.8. The molecule has 0 spiro atoms. The van der Waals surface area contributed by atoms with E-state index in [4.69, 9.17) is 0 Å². The van der Waals surface area contributed by atoms with Crippen LogP contribution >= 0.6 is 11.3 Å². The van der Waals surface area contributed by atoms with Gasteiger partial charge in [-0.15, -0.1) is 11.3 Å². The van der Waals surface area contributed by atoms with Crippen molar-refractivity contribution in [2.75, 3.05) is 6.54 Å². The maximum absolute atomic E-state index is 13.2. The number of phenolic OH excluding ortho intramolecular Hbond substituents is 1. The summed E-state index contributed by atoms with van der Waals surface area (Å²) in [4.78, 5) is 14.3. The number of nitrogens with zero attached hydrogens (tertiary/aromatic N) is 1. The molecule has 31 heavy (non-hydrogen) atoms. The van der Waals surface area contributed by atoms with Gasteiger partial charge in [0.25, 0.3) is 5.91 Å². The van der Waals surface area contributed by atoms with E-state index < -0.39 is 0 Å². The van der Waals surface area contributed by atoms with Crippen LogP contribution in [0.1, 0.15) is 56.2 Å². The van der Waals surface area contributed by atoms with Crippen LogP contribution in [0.2, 0.25) is 0 Å². The molecule has 5 heteroatoms. The summed E-state index contributed by atoms with van der Waals surface area (Å²) in [7, 11) is 0. The zero-order chi connectivity index (χ0) is 22.3. The van der Waals surface area contributed by atoms with Crippen molar-refractivity contribution < 1.29 is 9.90 Å². The SMILES string of the molecule is CC(C)Cc1cc2c(cc1O)CCn1c(C(=O)NCC(C)(C)C)cc(-c3cccs3)c1-2. The lowest BCUT2D eigenvalue weighted by Gasteiger charge is -2.24. The van der Waals surface area contributed by atoms with Gasteiger partial charge in [0.05, 0.1) is 5.69 Å². The van der Waals surface area contributed by atoms with Crippen LogP contribution in [-0.2, 0) is 19.4 Å². The van der Waals surface area contributed by atoms with Crippen LogP contribution in [0.15, 0.2) is 35.7 Å². The first-order valence-corrected chi connectivity index (χ1v) is 11.9. The number of nitrogens with one attached hydrogen (secondary N) is 1. The second-order valence-corrected chi connectivity index (χ2v) is 11.1. The molecule has 3 heterocycles. The Morgan fingerprint density at radius 3 is 2.65 bits per heavy atom. The topological polar surface area (TPSA) is 54.3 Å². The van der Waals surface area contributed by atoms with Gasteiger partial charge in [0.1, 0.15) is 11.4 Å². The molecule has 2 N–H and O–H groups in total. The lowest BCUT2D eigenvalue weighted by atomic mass is 9.91. The van der Waals surface area contributed by atoms with Crippen molar-refractivity contribution in [2.45, 2.75) is 54.0 Å². The Bertz CT molecular complexity index is 1100. The number of phenols is 1. The first-order chi connectivity index (χ1) is 14.6. The van der Waals surface area contributed by atoms with Crippen LogP contribution in [0.25, 0.3) is 21.7 Å². The van der Waals surface area contributed by atoms with Crippen LogP contribution in [0.4, 0.5) is 0 Å². The van der Waals surface area contributed by atoms with Crippen LogP contribution < -0.4 is 5.32 Å². The molecule has 1 aliphatic rings. The smallest absolute Gasteiger partial charge is 0.267 e. The summed E-state index contributed by atoms with van der Waals surface area (Å²) in [6, 6.07) is 10.3. The highest BCUT2D eigenvalue weighted by atomic mass is 32.1. The molecule has 4 nitrogen and oxygen atoms in total. The third-order valence-electron chi connectivity index (χ3n) is 5.69. The van der Waals surface area contributed by atoms with E-state index in [1.54, 1.807) is 11.3 Å². The molecular weight excluding hydrogens is 404 g/mol. The Labute approximate surface area is 188 Å². The highest BCUT2D eigenvalue weighted by Crippen LogP contribution is 2.43. The summed E-state index contributed by atoms with van der Waals surface area (Å²) >= 11 is 1.69. The van der Waals surface area contributed by atoms with Gasteiger partial charge in [-0.25, -0.2) is 0 Å². The Balaban J connectivity index is 1.85. The van der Waals surface area contributed by atoms with Crippen molar-refractivity contribution in [1.29, 1.82) is 0 Å². The average Bonchev–Trinajstić information content (AvgIpc) is 3.33. The van der Waals surface area contributed by atoms with Gasteiger partial charge < -0.3 is 15.0 Å². The van der Waals surface area contributed by atoms with Crippen molar-refractivity contribution in [3.63, 3.8) is 0 Å². The predicted octanol–water partition coefficient (Wildman–Crippen LogP) is 6.12. The zero-order valence-corrected chi connectivity index (χ0v) is 19.9. The molecule has 0 fully saturated rings. The number of aryl methyl sites for hydroxylation is 1. The van der Waals surface area contributed by atoms with Crippen LogP contribution in [-0.4, -0.2) is 22.1 Å². The van der Waals surface area contributed by atoms with Crippen LogP contribution in [0.5, 0.6) is 5.75 Å². The largest absolute Gasteiger partial charge is 0.508 e. The first kappa shape index (κ1) is 21.7. The quantitative estimate of drug-likeness (QED) is 0.506. The van der Waals surface area contributed by atoms with Crippen LogP contribution in [0.3, 0.4) is 0 Å². The minimum atomic E-state index is -0.0244. The average molecular weight is 437 g/mol. The van der Waals surface area contributed by atoms with Gasteiger partial charge in [-0.05, 0) is 64.9 Å². The van der Waals surface area contributed by atoms with Crippen molar-refractivity contribution in [3.8, 4) is 27.4 Å². The molecule has 0 saturated heterocycles. The fourth-order valence-electron chi connectivity index (χ4n) is 4.25. The third-order valence-corrected chi connectivity index (χ3v) is 6.59. The molecule has 0 aliphatic carbocycles. The monoisotopic (exact) mass is 436 g/mol. The molecule has 2 aromatic heterocycles. The van der Waals surface area contributed by atoms with Crippen molar-refractivity contribution in [3.05, 3.63) is 52.5 Å². The number of rotatable bonds is 5. The van der Waals surface area contributed by atoms with Gasteiger partial charge in [-0.2, -0.15) is 0 Å². The highest BCUT2D eigenvalue weighted by Gasteiger charge is 2.28. The molecule has 1 amide bonds. The van der Waals surface area contributed by atoms with Crippen molar-refractivity contribution in [2.24, 2.45) is 11.3 Å². The molecule has 1 aromatic carbocycles. The van der Waals surface area contributed by atoms with Gasteiger partial charge in [0.2, 0.25) is 0 Å². The van der Waals surface area contributed by atoms with Crippen molar-refractivity contribution in [1.82, 2.24) is 9.88 Å². The number of thiophene rings is 1. The minimum absolute atomic E-state index is 0.0244. The summed E-state index contributed by atoms with van der Waals surface area (Å²) < 4.78 is 2.17. The summed E-state index contributed by atoms with van der Waals surface area (Å²) in [6.07, 6.45) is 1.63. The molecule has 0 atom stereocenters. The predicted molar refractivity (Wildman–Crippen MR) is 129 cm³/mol. The summed E-state index contributed by atoms with van der Waals surface area (Å²) in [6.45, 7) is 12.1. The van der Waals surface area contributed by atoms with Crippen LogP contribution in [0, 0.1) is 11.3 Å². The maximum atomic E-state index is 13.2. The van der Waals surface area contributed by atoms with Gasteiger partial charge in [0, 0.05) is 29.1 Å². The zero-order valence-electron chi connectivity index (χ0n) is 19.1. The fraction of sp³-hybridized carbons (Fsp3) is 0.423. The molecular formula is C26H32N2O2S. The van der Waals surface area contributed by atoms with E-state index in [1.165, 1.54) is 0 Å². The Hall–Kier alpha value is -2.53. The number of benzene rings is 1. The molecule has 4 rings (SSSR count). The molecule has 0 unspecified atom stereocenters. The van der Waals surface area contributed by atoms with Gasteiger partial charge >= 0.3 is 0 Å². The molecule has 3 aromatic rings. The Morgan fingerprint density at radius 2 is 2.00 bits per heavy atom. The minimum Gasteiger partial charge on any atom is -0.508 e. The number of hydrogen-bond donors (Lipinski definition) is 2. The normalized spacial score (nSPS) is 13.2. The Kier molecular flexibility index (Phi) is 5.73. The van der Waals surface area contributed by atoms with Crippen molar-refractivity contribution >= 4 is 17.2 Å². The number of amides is 1. The third kappa shape index (κ3) is 4.42. The van der Waals surface area contributed by atoms with E-state index >= 15 is 0 Å². The number of aromatic nitrogens is 1. The maximum Gasteiger partial charge on any atom is 0.267 e. The summed E-state index contributed by atoms with van der Waals surface area (Å²) in [5.74, 6) is 0.812. The molecule has 0 bridgehead atoms. The second kappa shape index (κ2) is 8.19. The van der Waals surface area contributed by atoms with E-state index in [-0.39, 0.29) is 11.3 Å². The lowest BCUT2D eigenvalue weighted by molar-refractivity contribution is 0.0930. The van der Waals surface area contributed by atoms with Gasteiger partial charge in [-0.3, -0.25) is 4.79 Å². The van der Waals surface area contributed by atoms with Gasteiger partial charge in [-0.1, -0.05) is 40.7 Å². The second-order valence-electron chi connectivity index (χ2n) is 10.2. The number of fused-ring (bicyclic) bond motifs is 3. The number of carbonyl (C=O) groups excluding carboxylic acids is 1. The molecule has 164 valence electrons. The number of aromatic hydroxyl groups is 1. The first-order valence-electron chi connectivity index (χ1n) is 11.0. The highest BCUT2D eigenvalue weighted by molar-refractivity contribution is 7.13. The number of carbonyl (C=O) groups is 1. The van der Waals surface area contributed by atoms with Gasteiger partial charge in [0.15, 0.2) is 0 Å². The van der Waals surface area contributed by atoms with E-state index in [9.17, 15) is 9.90 Å². The molecule has 0 radical (unpaired) electrons. The fourth-order valence-corrected chi connectivity index (χ4v) is 5.00. The van der Waals surface area contributed by atoms with E-state index in [0.717, 1.165) is 52.2 Å². The standard InChI is InChI=1S/C26H32N2O2S/c1-16(2)11-18-12-19-17(13-22(18)29)8-9-28-21(25(30)27-15-26(3,4)5)14-20(24(19)28)23-7-6-10-31-23/h6-7,10,12-14,16,29H,8-9,11,15H2,1-5H3,(H,27,30). The van der Waals surface area contributed by atoms with E-state index in [0.29, 0.717) is 23.9 Å². The van der Waals surface area contributed by atoms with E-state index in [2.05, 4.69) is 62.0 Å². The molecule has 1 aliphatic heterocycles. The van der Waals surface area contributed by atoms with E-state index in [1.807, 2.05) is 18.2 Å². The summed E-state index contributed by atoms with van der Waals surface area (Å²) in [5.41, 5.74) is 6.19. The lowest BCUT2D eigenvalue weighted by Crippen LogP contribution is -2.33.